The van der Waals surface area contributed by atoms with Crippen LogP contribution in [0.2, 0.25) is 0 Å². The predicted molar refractivity (Wildman–Crippen MR) is 45.8 cm³/mol. The van der Waals surface area contributed by atoms with Gasteiger partial charge in [-0.15, -0.1) is 0 Å². The Bertz CT molecular complexity index is 145. The maximum Gasteiger partial charge on any atom is 0.223 e. The molecule has 64 valence electrons. The third kappa shape index (κ3) is 2.10. The molecule has 0 radical (unpaired) electrons. The molecule has 0 bridgehead atoms. The van der Waals surface area contributed by atoms with Gasteiger partial charge < -0.3 is 9.64 Å². The van der Waals surface area contributed by atoms with E-state index in [-0.39, 0.29) is 12.0 Å². The molecule has 1 heterocycles. The minimum atomic E-state index is 0.188. The van der Waals surface area contributed by atoms with Crippen molar-refractivity contribution in [1.82, 2.24) is 4.90 Å². The van der Waals surface area contributed by atoms with Crippen molar-refractivity contribution >= 4 is 18.5 Å². The van der Waals surface area contributed by atoms with Gasteiger partial charge in [0.15, 0.2) is 0 Å². The van der Waals surface area contributed by atoms with Gasteiger partial charge in [-0.25, -0.2) is 0 Å². The average molecular weight is 175 g/mol. The maximum atomic E-state index is 11.1. The minimum absolute atomic E-state index is 0.188. The summed E-state index contributed by atoms with van der Waals surface area (Å²) in [4.78, 5) is 12.9. The third-order valence-electron chi connectivity index (χ3n) is 1.86. The lowest BCUT2D eigenvalue weighted by atomic mass is 10.1. The summed E-state index contributed by atoms with van der Waals surface area (Å²) in [6.45, 7) is 1.51. The van der Waals surface area contributed by atoms with Crippen LogP contribution < -0.4 is 0 Å². The van der Waals surface area contributed by atoms with Crippen molar-refractivity contribution in [2.45, 2.75) is 12.5 Å². The molecule has 0 spiro atoms. The molecule has 0 N–H and O–H groups in total. The summed E-state index contributed by atoms with van der Waals surface area (Å²) in [5, 5.41) is 0. The SMILES string of the molecule is COC1CN(C(=O)CCS)C1. The van der Waals surface area contributed by atoms with Crippen molar-refractivity contribution in [3.05, 3.63) is 0 Å². The number of hydrogen-bond acceptors (Lipinski definition) is 3. The van der Waals surface area contributed by atoms with E-state index in [9.17, 15) is 4.79 Å². The topological polar surface area (TPSA) is 29.5 Å². The van der Waals surface area contributed by atoms with Crippen molar-refractivity contribution in [3.63, 3.8) is 0 Å². The number of ether oxygens (including phenoxy) is 1. The van der Waals surface area contributed by atoms with E-state index < -0.39 is 0 Å². The Hall–Kier alpha value is -0.220. The van der Waals surface area contributed by atoms with Gasteiger partial charge in [-0.05, 0) is 5.75 Å². The first kappa shape index (κ1) is 8.87. The quantitative estimate of drug-likeness (QED) is 0.619. The molecule has 1 fully saturated rings. The monoisotopic (exact) mass is 175 g/mol. The van der Waals surface area contributed by atoms with Crippen LogP contribution in [-0.2, 0) is 9.53 Å². The Morgan fingerprint density at radius 2 is 2.36 bits per heavy atom. The van der Waals surface area contributed by atoms with Crippen molar-refractivity contribution in [1.29, 1.82) is 0 Å². The zero-order chi connectivity index (χ0) is 8.27. The highest BCUT2D eigenvalue weighted by Gasteiger charge is 2.29. The first-order chi connectivity index (χ1) is 5.27. The highest BCUT2D eigenvalue weighted by Crippen LogP contribution is 2.11. The second-order valence-corrected chi connectivity index (χ2v) is 3.08. The number of hydrogen-bond donors (Lipinski definition) is 1. The van der Waals surface area contributed by atoms with E-state index in [2.05, 4.69) is 12.6 Å². The molecule has 1 aliphatic heterocycles. The van der Waals surface area contributed by atoms with Crippen LogP contribution in [0.4, 0.5) is 0 Å². The van der Waals surface area contributed by atoms with Crippen LogP contribution in [0.1, 0.15) is 6.42 Å². The Kier molecular flexibility index (Phi) is 3.20. The summed E-state index contributed by atoms with van der Waals surface area (Å²) >= 11 is 3.98. The number of carbonyl (C=O) groups excluding carboxylic acids is 1. The maximum absolute atomic E-state index is 11.1. The van der Waals surface area contributed by atoms with Crippen LogP contribution in [0.3, 0.4) is 0 Å². The lowest BCUT2D eigenvalue weighted by Gasteiger charge is -2.38. The summed E-state index contributed by atoms with van der Waals surface area (Å²) in [7, 11) is 1.67. The van der Waals surface area contributed by atoms with Crippen LogP contribution in [0.15, 0.2) is 0 Å². The fourth-order valence-corrected chi connectivity index (χ4v) is 1.24. The van der Waals surface area contributed by atoms with Gasteiger partial charge in [-0.2, -0.15) is 12.6 Å². The molecule has 1 rings (SSSR count). The number of likely N-dealkylation sites (tertiary alicyclic amines) is 1. The summed E-state index contributed by atoms with van der Waals surface area (Å²) in [5.41, 5.74) is 0. The van der Waals surface area contributed by atoms with Crippen molar-refractivity contribution < 1.29 is 9.53 Å². The number of carbonyl (C=O) groups is 1. The normalized spacial score (nSPS) is 18.2. The molecule has 0 aliphatic carbocycles. The van der Waals surface area contributed by atoms with Gasteiger partial charge in [0.05, 0.1) is 6.10 Å². The Morgan fingerprint density at radius 3 is 2.82 bits per heavy atom. The Balaban J connectivity index is 2.16. The largest absolute Gasteiger partial charge is 0.378 e. The molecular formula is C7H13NO2S. The van der Waals surface area contributed by atoms with Gasteiger partial charge in [-0.3, -0.25) is 4.79 Å². The zero-order valence-electron chi connectivity index (χ0n) is 6.62. The van der Waals surface area contributed by atoms with Crippen LogP contribution >= 0.6 is 12.6 Å². The molecule has 0 unspecified atom stereocenters. The minimum Gasteiger partial charge on any atom is -0.378 e. The van der Waals surface area contributed by atoms with Gasteiger partial charge in [0.25, 0.3) is 0 Å². The van der Waals surface area contributed by atoms with Gasteiger partial charge in [0.2, 0.25) is 5.91 Å². The van der Waals surface area contributed by atoms with Gasteiger partial charge in [0.1, 0.15) is 0 Å². The first-order valence-electron chi connectivity index (χ1n) is 3.69. The molecule has 3 nitrogen and oxygen atoms in total. The summed E-state index contributed by atoms with van der Waals surface area (Å²) in [6, 6.07) is 0. The van der Waals surface area contributed by atoms with Gasteiger partial charge in [0, 0.05) is 26.6 Å². The number of methoxy groups -OCH3 is 1. The summed E-state index contributed by atoms with van der Waals surface area (Å²) in [5.74, 6) is 0.820. The van der Waals surface area contributed by atoms with Gasteiger partial charge >= 0.3 is 0 Å². The smallest absolute Gasteiger partial charge is 0.223 e. The molecular weight excluding hydrogens is 162 g/mol. The van der Waals surface area contributed by atoms with Crippen molar-refractivity contribution in [3.8, 4) is 0 Å². The third-order valence-corrected chi connectivity index (χ3v) is 2.08. The highest BCUT2D eigenvalue weighted by molar-refractivity contribution is 7.80. The fraction of sp³-hybridized carbons (Fsp3) is 0.857. The van der Waals surface area contributed by atoms with Crippen molar-refractivity contribution in [2.24, 2.45) is 0 Å². The summed E-state index contributed by atoms with van der Waals surface area (Å²) in [6.07, 6.45) is 0.804. The van der Waals surface area contributed by atoms with Crippen LogP contribution in [0.25, 0.3) is 0 Å². The lowest BCUT2D eigenvalue weighted by molar-refractivity contribution is -0.142. The number of nitrogens with zero attached hydrogens (tertiary/aromatic N) is 1. The highest BCUT2D eigenvalue weighted by atomic mass is 32.1. The van der Waals surface area contributed by atoms with E-state index in [1.807, 2.05) is 0 Å². The average Bonchev–Trinajstić information content (AvgIpc) is 1.86. The standard InChI is InChI=1S/C7H13NO2S/c1-10-6-4-8(5-6)7(9)2-3-11/h6,11H,2-5H2,1H3. The molecule has 1 aliphatic rings. The second-order valence-electron chi connectivity index (χ2n) is 2.63. The molecule has 1 saturated heterocycles. The molecule has 0 aromatic heterocycles. The van der Waals surface area contributed by atoms with E-state index in [1.54, 1.807) is 12.0 Å². The molecule has 11 heavy (non-hydrogen) atoms. The molecule has 0 aromatic carbocycles. The lowest BCUT2D eigenvalue weighted by Crippen LogP contribution is -2.54. The first-order valence-corrected chi connectivity index (χ1v) is 4.32. The number of amides is 1. The molecule has 4 heteroatoms. The van der Waals surface area contributed by atoms with Crippen LogP contribution in [-0.4, -0.2) is 42.9 Å². The molecule has 0 atom stereocenters. The zero-order valence-corrected chi connectivity index (χ0v) is 7.51. The fourth-order valence-electron chi connectivity index (χ4n) is 1.04. The van der Waals surface area contributed by atoms with E-state index in [0.717, 1.165) is 13.1 Å². The van der Waals surface area contributed by atoms with Crippen LogP contribution in [0.5, 0.6) is 0 Å². The molecule has 0 aromatic rings. The van der Waals surface area contributed by atoms with E-state index in [0.29, 0.717) is 12.2 Å². The van der Waals surface area contributed by atoms with Gasteiger partial charge in [-0.1, -0.05) is 0 Å². The number of thiol groups is 1. The predicted octanol–water partition coefficient (Wildman–Crippen LogP) is 0.164. The Labute approximate surface area is 72.1 Å². The second kappa shape index (κ2) is 3.97. The van der Waals surface area contributed by atoms with Crippen LogP contribution in [0, 0.1) is 0 Å². The Morgan fingerprint density at radius 1 is 1.73 bits per heavy atom. The molecule has 1 amide bonds. The molecule has 0 saturated carbocycles. The van der Waals surface area contributed by atoms with E-state index in [1.165, 1.54) is 0 Å². The van der Waals surface area contributed by atoms with E-state index >= 15 is 0 Å². The summed E-state index contributed by atoms with van der Waals surface area (Å²) < 4.78 is 5.03. The van der Waals surface area contributed by atoms with Crippen molar-refractivity contribution in [2.75, 3.05) is 26.0 Å². The van der Waals surface area contributed by atoms with E-state index in [4.69, 9.17) is 4.74 Å². The number of rotatable bonds is 3.